The van der Waals surface area contributed by atoms with Crippen molar-refractivity contribution >= 4 is 0 Å². The lowest BCUT2D eigenvalue weighted by atomic mass is 9.67. The molecule has 1 saturated carbocycles. The third-order valence-corrected chi connectivity index (χ3v) is 3.74. The predicted molar refractivity (Wildman–Crippen MR) is 84.7 cm³/mol. The fourth-order valence-corrected chi connectivity index (χ4v) is 2.87. The molecule has 0 aromatic carbocycles. The molecular formula is C18H32. The fourth-order valence-electron chi connectivity index (χ4n) is 2.87. The second-order valence-corrected chi connectivity index (χ2v) is 4.74. The molecule has 0 aliphatic heterocycles. The standard InChI is InChI=1S/C14H20.2C2H6/c1-3-6-12-10-14-8-5-4-7-13(14)9-11(12)2;2*1-2/h3-8,11-14H,9-10H2,1-2H3;2*1-2H3/b6-3-;;. The number of allylic oxidation sites excluding steroid dienone is 6. The van der Waals surface area contributed by atoms with Crippen LogP contribution in [0.4, 0.5) is 0 Å². The summed E-state index contributed by atoms with van der Waals surface area (Å²) in [5.41, 5.74) is 0. The van der Waals surface area contributed by atoms with Crippen molar-refractivity contribution in [1.82, 2.24) is 0 Å². The second-order valence-electron chi connectivity index (χ2n) is 4.74. The third kappa shape index (κ3) is 4.84. The van der Waals surface area contributed by atoms with Crippen LogP contribution in [-0.2, 0) is 0 Å². The first-order valence-electron chi connectivity index (χ1n) is 7.79. The van der Waals surface area contributed by atoms with Gasteiger partial charge in [0, 0.05) is 0 Å². The van der Waals surface area contributed by atoms with E-state index < -0.39 is 0 Å². The molecule has 0 bridgehead atoms. The van der Waals surface area contributed by atoms with Crippen LogP contribution in [-0.4, -0.2) is 0 Å². The predicted octanol–water partition coefficient (Wildman–Crippen LogP) is 6.02. The van der Waals surface area contributed by atoms with Crippen molar-refractivity contribution in [2.75, 3.05) is 0 Å². The first-order valence-corrected chi connectivity index (χ1v) is 7.79. The van der Waals surface area contributed by atoms with E-state index in [2.05, 4.69) is 50.3 Å². The van der Waals surface area contributed by atoms with Crippen LogP contribution in [0.3, 0.4) is 0 Å². The van der Waals surface area contributed by atoms with Gasteiger partial charge < -0.3 is 0 Å². The van der Waals surface area contributed by atoms with E-state index >= 15 is 0 Å². The zero-order valence-corrected chi connectivity index (χ0v) is 13.2. The van der Waals surface area contributed by atoms with Gasteiger partial charge in [-0.2, -0.15) is 0 Å². The Balaban J connectivity index is 0.000000659. The summed E-state index contributed by atoms with van der Waals surface area (Å²) >= 11 is 0. The molecule has 0 heterocycles. The van der Waals surface area contributed by atoms with E-state index in [9.17, 15) is 0 Å². The number of rotatable bonds is 1. The summed E-state index contributed by atoms with van der Waals surface area (Å²) in [6, 6.07) is 0. The van der Waals surface area contributed by atoms with Crippen LogP contribution in [0.5, 0.6) is 0 Å². The minimum absolute atomic E-state index is 0.803. The summed E-state index contributed by atoms with van der Waals surface area (Å²) in [4.78, 5) is 0. The van der Waals surface area contributed by atoms with Gasteiger partial charge in [-0.15, -0.1) is 0 Å². The van der Waals surface area contributed by atoms with Crippen LogP contribution in [0.25, 0.3) is 0 Å². The van der Waals surface area contributed by atoms with Crippen molar-refractivity contribution in [2.45, 2.75) is 54.4 Å². The molecule has 2 aliphatic rings. The Morgan fingerprint density at radius 3 is 1.89 bits per heavy atom. The topological polar surface area (TPSA) is 0 Å². The van der Waals surface area contributed by atoms with Crippen molar-refractivity contribution in [1.29, 1.82) is 0 Å². The van der Waals surface area contributed by atoms with E-state index in [-0.39, 0.29) is 0 Å². The van der Waals surface area contributed by atoms with Crippen molar-refractivity contribution in [3.8, 4) is 0 Å². The van der Waals surface area contributed by atoms with E-state index in [0.29, 0.717) is 0 Å². The molecule has 0 spiro atoms. The van der Waals surface area contributed by atoms with Gasteiger partial charge in [0.15, 0.2) is 0 Å². The lowest BCUT2D eigenvalue weighted by Crippen LogP contribution is -2.28. The Morgan fingerprint density at radius 2 is 1.39 bits per heavy atom. The minimum atomic E-state index is 0.803. The van der Waals surface area contributed by atoms with Crippen molar-refractivity contribution in [2.24, 2.45) is 23.7 Å². The van der Waals surface area contributed by atoms with E-state index in [1.165, 1.54) is 12.8 Å². The Morgan fingerprint density at radius 1 is 0.889 bits per heavy atom. The molecular weight excluding hydrogens is 216 g/mol. The number of hydrogen-bond donors (Lipinski definition) is 0. The van der Waals surface area contributed by atoms with Gasteiger partial charge in [-0.1, -0.05) is 71.1 Å². The number of fused-ring (bicyclic) bond motifs is 1. The van der Waals surface area contributed by atoms with Gasteiger partial charge in [0.2, 0.25) is 0 Å². The maximum absolute atomic E-state index is 2.40. The molecule has 0 aromatic rings. The molecule has 18 heavy (non-hydrogen) atoms. The summed E-state index contributed by atoms with van der Waals surface area (Å²) in [7, 11) is 0. The highest BCUT2D eigenvalue weighted by Crippen LogP contribution is 2.41. The van der Waals surface area contributed by atoms with Crippen LogP contribution in [0, 0.1) is 23.7 Å². The Kier molecular flexibility index (Phi) is 9.73. The first-order chi connectivity index (χ1) is 8.81. The van der Waals surface area contributed by atoms with Crippen LogP contribution in [0.1, 0.15) is 54.4 Å². The lowest BCUT2D eigenvalue weighted by molar-refractivity contribution is 0.210. The molecule has 2 aliphatic carbocycles. The molecule has 0 N–H and O–H groups in total. The highest BCUT2D eigenvalue weighted by Gasteiger charge is 2.31. The zero-order valence-electron chi connectivity index (χ0n) is 13.2. The molecule has 2 rings (SSSR count). The Labute approximate surface area is 115 Å². The molecule has 0 amide bonds. The molecule has 1 fully saturated rings. The highest BCUT2D eigenvalue weighted by atomic mass is 14.4. The molecule has 104 valence electrons. The molecule has 0 heteroatoms. The number of hydrogen-bond acceptors (Lipinski definition) is 0. The highest BCUT2D eigenvalue weighted by molar-refractivity contribution is 5.16. The van der Waals surface area contributed by atoms with Crippen LogP contribution < -0.4 is 0 Å². The second kappa shape index (κ2) is 10.2. The van der Waals surface area contributed by atoms with E-state index in [1.807, 2.05) is 27.7 Å². The normalized spacial score (nSPS) is 33.0. The molecule has 4 unspecified atom stereocenters. The van der Waals surface area contributed by atoms with Gasteiger partial charge >= 0.3 is 0 Å². The smallest absolute Gasteiger partial charge is 0.0161 e. The first kappa shape index (κ1) is 17.2. The van der Waals surface area contributed by atoms with Gasteiger partial charge in [0.25, 0.3) is 0 Å². The summed E-state index contributed by atoms with van der Waals surface area (Å²) in [6.45, 7) is 12.5. The maximum atomic E-state index is 2.40. The van der Waals surface area contributed by atoms with Gasteiger partial charge in [0.1, 0.15) is 0 Å². The Hall–Kier alpha value is -0.780. The van der Waals surface area contributed by atoms with E-state index in [0.717, 1.165) is 23.7 Å². The monoisotopic (exact) mass is 248 g/mol. The fraction of sp³-hybridized carbons (Fsp3) is 0.667. The molecule has 0 radical (unpaired) electrons. The quantitative estimate of drug-likeness (QED) is 0.498. The van der Waals surface area contributed by atoms with Crippen molar-refractivity contribution in [3.63, 3.8) is 0 Å². The van der Waals surface area contributed by atoms with Crippen LogP contribution in [0.2, 0.25) is 0 Å². The summed E-state index contributed by atoms with van der Waals surface area (Å²) in [6.07, 6.45) is 16.5. The van der Waals surface area contributed by atoms with Gasteiger partial charge in [-0.25, -0.2) is 0 Å². The molecule has 0 nitrogen and oxygen atoms in total. The molecule has 0 aromatic heterocycles. The van der Waals surface area contributed by atoms with E-state index in [4.69, 9.17) is 0 Å². The largest absolute Gasteiger partial charge is 0.0914 e. The lowest BCUT2D eigenvalue weighted by Gasteiger charge is -2.37. The van der Waals surface area contributed by atoms with Gasteiger partial charge in [0.05, 0.1) is 0 Å². The zero-order chi connectivity index (χ0) is 14.0. The van der Waals surface area contributed by atoms with Crippen molar-refractivity contribution in [3.05, 3.63) is 36.5 Å². The van der Waals surface area contributed by atoms with Crippen LogP contribution in [0.15, 0.2) is 36.5 Å². The van der Waals surface area contributed by atoms with Crippen LogP contribution >= 0.6 is 0 Å². The minimum Gasteiger partial charge on any atom is -0.0914 e. The maximum Gasteiger partial charge on any atom is -0.0161 e. The van der Waals surface area contributed by atoms with E-state index in [1.54, 1.807) is 0 Å². The summed E-state index contributed by atoms with van der Waals surface area (Å²) < 4.78 is 0. The average Bonchev–Trinajstić information content (AvgIpc) is 2.44. The summed E-state index contributed by atoms with van der Waals surface area (Å²) in [5, 5.41) is 0. The van der Waals surface area contributed by atoms with Gasteiger partial charge in [-0.3, -0.25) is 0 Å². The molecule has 0 saturated heterocycles. The molecule has 4 atom stereocenters. The Bertz CT molecular complexity index is 270. The van der Waals surface area contributed by atoms with Gasteiger partial charge in [-0.05, 0) is 43.4 Å². The third-order valence-electron chi connectivity index (χ3n) is 3.74. The summed E-state index contributed by atoms with van der Waals surface area (Å²) in [5.74, 6) is 3.27. The average molecular weight is 248 g/mol. The van der Waals surface area contributed by atoms with Crippen molar-refractivity contribution < 1.29 is 0 Å². The SMILES string of the molecule is C/C=C\C1CC2C=CC=CC2CC1C.CC.CC.